The smallest absolute Gasteiger partial charge is 0.160 e. The topological polar surface area (TPSA) is 59.0 Å². The SMILES string of the molecule is CN1CCC(n2nc([C@@H]3CCOC3)nc2-c2cc[nH]c2)CC1. The molecular formula is C16H23N5O. The van der Waals surface area contributed by atoms with Crippen LogP contribution in [0.2, 0.25) is 0 Å². The van der Waals surface area contributed by atoms with Crippen LogP contribution in [0.4, 0.5) is 0 Å². The van der Waals surface area contributed by atoms with Crippen molar-refractivity contribution in [2.24, 2.45) is 0 Å². The molecule has 0 spiro atoms. The highest BCUT2D eigenvalue weighted by molar-refractivity contribution is 5.54. The molecule has 4 rings (SSSR count). The molecule has 0 amide bonds. The predicted octanol–water partition coefficient (Wildman–Crippen LogP) is 2.04. The first kappa shape index (κ1) is 14.0. The lowest BCUT2D eigenvalue weighted by atomic mass is 10.1. The van der Waals surface area contributed by atoms with E-state index in [2.05, 4.69) is 27.7 Å². The van der Waals surface area contributed by atoms with Crippen LogP contribution in [0.15, 0.2) is 18.5 Å². The predicted molar refractivity (Wildman–Crippen MR) is 83.8 cm³/mol. The summed E-state index contributed by atoms with van der Waals surface area (Å²) in [6.45, 7) is 3.83. The molecule has 0 radical (unpaired) electrons. The van der Waals surface area contributed by atoms with Gasteiger partial charge in [-0.15, -0.1) is 0 Å². The molecule has 4 heterocycles. The molecule has 0 bridgehead atoms. The van der Waals surface area contributed by atoms with Gasteiger partial charge in [-0.3, -0.25) is 0 Å². The quantitative estimate of drug-likeness (QED) is 0.942. The number of hydrogen-bond donors (Lipinski definition) is 1. The minimum Gasteiger partial charge on any atom is -0.381 e. The largest absolute Gasteiger partial charge is 0.381 e. The molecule has 22 heavy (non-hydrogen) atoms. The van der Waals surface area contributed by atoms with Gasteiger partial charge in [-0.05, 0) is 45.5 Å². The average molecular weight is 301 g/mol. The Morgan fingerprint density at radius 1 is 1.27 bits per heavy atom. The van der Waals surface area contributed by atoms with Crippen molar-refractivity contribution in [3.63, 3.8) is 0 Å². The zero-order chi connectivity index (χ0) is 14.9. The number of H-pyrrole nitrogens is 1. The second kappa shape index (κ2) is 5.85. The van der Waals surface area contributed by atoms with E-state index >= 15 is 0 Å². The summed E-state index contributed by atoms with van der Waals surface area (Å²) >= 11 is 0. The molecule has 2 aliphatic rings. The number of rotatable bonds is 3. The van der Waals surface area contributed by atoms with E-state index in [1.807, 2.05) is 12.4 Å². The van der Waals surface area contributed by atoms with Crippen LogP contribution >= 0.6 is 0 Å². The van der Waals surface area contributed by atoms with Crippen LogP contribution in [-0.4, -0.2) is 58.0 Å². The van der Waals surface area contributed by atoms with Crippen LogP contribution in [0.3, 0.4) is 0 Å². The second-order valence-corrected chi connectivity index (χ2v) is 6.43. The molecule has 1 N–H and O–H groups in total. The highest BCUT2D eigenvalue weighted by Crippen LogP contribution is 2.30. The fourth-order valence-corrected chi connectivity index (χ4v) is 3.40. The van der Waals surface area contributed by atoms with Crippen LogP contribution in [-0.2, 0) is 4.74 Å². The zero-order valence-corrected chi connectivity index (χ0v) is 13.0. The van der Waals surface area contributed by atoms with Crippen molar-refractivity contribution in [2.75, 3.05) is 33.4 Å². The van der Waals surface area contributed by atoms with Gasteiger partial charge in [0.15, 0.2) is 11.6 Å². The summed E-state index contributed by atoms with van der Waals surface area (Å²) in [5, 5.41) is 4.89. The molecule has 0 unspecified atom stereocenters. The van der Waals surface area contributed by atoms with Crippen molar-refractivity contribution in [1.29, 1.82) is 0 Å². The van der Waals surface area contributed by atoms with E-state index in [0.717, 1.165) is 62.8 Å². The van der Waals surface area contributed by atoms with E-state index in [1.165, 1.54) is 0 Å². The Balaban J connectivity index is 1.68. The fourth-order valence-electron chi connectivity index (χ4n) is 3.40. The van der Waals surface area contributed by atoms with Gasteiger partial charge >= 0.3 is 0 Å². The van der Waals surface area contributed by atoms with Crippen molar-refractivity contribution in [3.05, 3.63) is 24.3 Å². The van der Waals surface area contributed by atoms with E-state index in [9.17, 15) is 0 Å². The van der Waals surface area contributed by atoms with Crippen molar-refractivity contribution in [1.82, 2.24) is 24.6 Å². The molecule has 0 aromatic carbocycles. The van der Waals surface area contributed by atoms with E-state index in [0.29, 0.717) is 12.0 Å². The molecule has 2 aromatic rings. The minimum atomic E-state index is 0.352. The maximum Gasteiger partial charge on any atom is 0.160 e. The van der Waals surface area contributed by atoms with Crippen molar-refractivity contribution >= 4 is 0 Å². The van der Waals surface area contributed by atoms with Gasteiger partial charge in [0.25, 0.3) is 0 Å². The molecule has 2 aromatic heterocycles. The van der Waals surface area contributed by atoms with E-state index in [4.69, 9.17) is 14.8 Å². The summed E-state index contributed by atoms with van der Waals surface area (Å²) in [5.41, 5.74) is 1.12. The summed E-state index contributed by atoms with van der Waals surface area (Å²) < 4.78 is 7.68. The first-order valence-electron chi connectivity index (χ1n) is 8.17. The van der Waals surface area contributed by atoms with Gasteiger partial charge in [0.1, 0.15) is 0 Å². The lowest BCUT2D eigenvalue weighted by Crippen LogP contribution is -2.32. The highest BCUT2D eigenvalue weighted by Gasteiger charge is 2.28. The lowest BCUT2D eigenvalue weighted by Gasteiger charge is -2.29. The van der Waals surface area contributed by atoms with Gasteiger partial charge in [0.05, 0.1) is 12.6 Å². The lowest BCUT2D eigenvalue weighted by molar-refractivity contribution is 0.192. The molecule has 118 valence electrons. The normalized spacial score (nSPS) is 24.1. The minimum absolute atomic E-state index is 0.352. The molecule has 0 aliphatic carbocycles. The second-order valence-electron chi connectivity index (χ2n) is 6.43. The summed E-state index contributed by atoms with van der Waals surface area (Å²) in [7, 11) is 2.19. The number of piperidine rings is 1. The van der Waals surface area contributed by atoms with Crippen LogP contribution in [0.1, 0.15) is 37.0 Å². The van der Waals surface area contributed by atoms with Gasteiger partial charge in [-0.25, -0.2) is 9.67 Å². The third-order valence-corrected chi connectivity index (χ3v) is 4.83. The van der Waals surface area contributed by atoms with Gasteiger partial charge < -0.3 is 14.6 Å². The molecule has 2 saturated heterocycles. The number of nitrogens with zero attached hydrogens (tertiary/aromatic N) is 4. The number of aromatic nitrogens is 4. The number of ether oxygens (including phenoxy) is 1. The van der Waals surface area contributed by atoms with Crippen LogP contribution in [0.5, 0.6) is 0 Å². The summed E-state index contributed by atoms with van der Waals surface area (Å²) in [4.78, 5) is 10.4. The van der Waals surface area contributed by atoms with Crippen molar-refractivity contribution < 1.29 is 4.74 Å². The van der Waals surface area contributed by atoms with E-state index < -0.39 is 0 Å². The average Bonchev–Trinajstić information content (AvgIpc) is 3.27. The Kier molecular flexibility index (Phi) is 3.72. The monoisotopic (exact) mass is 301 g/mol. The van der Waals surface area contributed by atoms with E-state index in [-0.39, 0.29) is 0 Å². The maximum absolute atomic E-state index is 5.51. The fraction of sp³-hybridized carbons (Fsp3) is 0.625. The highest BCUT2D eigenvalue weighted by atomic mass is 16.5. The Morgan fingerprint density at radius 2 is 2.14 bits per heavy atom. The van der Waals surface area contributed by atoms with Crippen molar-refractivity contribution in [3.8, 4) is 11.4 Å². The summed E-state index contributed by atoms with van der Waals surface area (Å²) in [6, 6.07) is 2.52. The first-order valence-corrected chi connectivity index (χ1v) is 8.17. The molecule has 0 saturated carbocycles. The zero-order valence-electron chi connectivity index (χ0n) is 13.0. The number of hydrogen-bond acceptors (Lipinski definition) is 4. The Labute approximate surface area is 130 Å². The molecule has 6 heteroatoms. The molecule has 2 fully saturated rings. The third-order valence-electron chi connectivity index (χ3n) is 4.83. The van der Waals surface area contributed by atoms with Crippen LogP contribution in [0.25, 0.3) is 11.4 Å². The summed E-state index contributed by atoms with van der Waals surface area (Å²) in [6.07, 6.45) is 7.26. The number of nitrogens with one attached hydrogen (secondary N) is 1. The van der Waals surface area contributed by atoms with Gasteiger partial charge in [-0.1, -0.05) is 0 Å². The van der Waals surface area contributed by atoms with Gasteiger partial charge in [0.2, 0.25) is 0 Å². The number of aromatic amines is 1. The standard InChI is InChI=1S/C16H23N5O/c1-20-7-3-14(4-8-20)21-16(12-2-6-17-10-12)18-15(19-21)13-5-9-22-11-13/h2,6,10,13-14,17H,3-5,7-9,11H2,1H3/t13-/m1/s1. The third kappa shape index (κ3) is 2.57. The molecule has 2 aliphatic heterocycles. The maximum atomic E-state index is 5.51. The summed E-state index contributed by atoms with van der Waals surface area (Å²) in [5.74, 6) is 2.30. The Morgan fingerprint density at radius 3 is 2.82 bits per heavy atom. The Hall–Kier alpha value is -1.66. The molecular weight excluding hydrogens is 278 g/mol. The first-order chi connectivity index (χ1) is 10.8. The number of likely N-dealkylation sites (tertiary alicyclic amines) is 1. The Bertz CT molecular complexity index is 607. The van der Waals surface area contributed by atoms with Crippen molar-refractivity contribution in [2.45, 2.75) is 31.2 Å². The molecule has 1 atom stereocenters. The van der Waals surface area contributed by atoms with E-state index in [1.54, 1.807) is 0 Å². The molecule has 6 nitrogen and oxygen atoms in total. The van der Waals surface area contributed by atoms with Gasteiger partial charge in [0, 0.05) is 30.5 Å². The van der Waals surface area contributed by atoms with Crippen LogP contribution < -0.4 is 0 Å². The van der Waals surface area contributed by atoms with Crippen LogP contribution in [0, 0.1) is 0 Å². The van der Waals surface area contributed by atoms with Gasteiger partial charge in [-0.2, -0.15) is 5.10 Å².